The number of unbranched alkanes of at least 4 members (excludes halogenated alkanes) is 3. The molecule has 6 heteroatoms. The predicted molar refractivity (Wildman–Crippen MR) is 122 cm³/mol. The molecule has 0 saturated heterocycles. The van der Waals surface area contributed by atoms with Gasteiger partial charge in [-0.05, 0) is 56.7 Å². The first-order valence-corrected chi connectivity index (χ1v) is 10.7. The third-order valence-corrected chi connectivity index (χ3v) is 4.40. The lowest BCUT2D eigenvalue weighted by molar-refractivity contribution is -0.114. The zero-order valence-corrected chi connectivity index (χ0v) is 18.2. The minimum absolute atomic E-state index is 0.0768. The van der Waals surface area contributed by atoms with Crippen LogP contribution in [0.1, 0.15) is 56.8 Å². The molecule has 6 nitrogen and oxygen atoms in total. The average Bonchev–Trinajstić information content (AvgIpc) is 2.72. The normalized spacial score (nSPS) is 10.5. The Labute approximate surface area is 179 Å². The van der Waals surface area contributed by atoms with E-state index in [4.69, 9.17) is 4.74 Å². The summed E-state index contributed by atoms with van der Waals surface area (Å²) in [5.74, 6) is 0.504. The minimum atomic E-state index is -0.166. The van der Waals surface area contributed by atoms with Crippen LogP contribution in [-0.2, 0) is 4.79 Å². The van der Waals surface area contributed by atoms with Crippen molar-refractivity contribution in [2.75, 3.05) is 23.8 Å². The number of benzene rings is 2. The first-order chi connectivity index (χ1) is 14.5. The van der Waals surface area contributed by atoms with Crippen molar-refractivity contribution in [3.8, 4) is 5.75 Å². The van der Waals surface area contributed by atoms with Crippen LogP contribution in [0.15, 0.2) is 48.5 Å². The van der Waals surface area contributed by atoms with Gasteiger partial charge in [-0.15, -0.1) is 0 Å². The topological polar surface area (TPSA) is 79.5 Å². The van der Waals surface area contributed by atoms with Crippen LogP contribution in [0.5, 0.6) is 5.75 Å². The fourth-order valence-electron chi connectivity index (χ4n) is 2.85. The lowest BCUT2D eigenvalue weighted by Crippen LogP contribution is -2.30. The molecular weight excluding hydrogens is 378 g/mol. The predicted octanol–water partition coefficient (Wildman–Crippen LogP) is 4.83. The Kier molecular flexibility index (Phi) is 9.71. The van der Waals surface area contributed by atoms with E-state index in [1.807, 2.05) is 38.1 Å². The van der Waals surface area contributed by atoms with E-state index in [1.54, 1.807) is 24.3 Å². The van der Waals surface area contributed by atoms with Crippen LogP contribution in [0.2, 0.25) is 0 Å². The Balaban J connectivity index is 1.77. The maximum Gasteiger partial charge on any atom is 0.251 e. The van der Waals surface area contributed by atoms with Gasteiger partial charge in [-0.2, -0.15) is 0 Å². The van der Waals surface area contributed by atoms with E-state index >= 15 is 0 Å². The number of nitrogens with one attached hydrogen (secondary N) is 3. The molecule has 162 valence electrons. The van der Waals surface area contributed by atoms with Crippen molar-refractivity contribution in [3.05, 3.63) is 54.1 Å². The van der Waals surface area contributed by atoms with Crippen molar-refractivity contribution in [1.29, 1.82) is 0 Å². The monoisotopic (exact) mass is 411 g/mol. The summed E-state index contributed by atoms with van der Waals surface area (Å²) in [7, 11) is 0. The fraction of sp³-hybridized carbons (Fsp3) is 0.417. The highest BCUT2D eigenvalue weighted by atomic mass is 16.5. The molecular formula is C24H33N3O3. The van der Waals surface area contributed by atoms with E-state index in [2.05, 4.69) is 22.9 Å². The third kappa shape index (κ3) is 8.55. The molecule has 0 radical (unpaired) electrons. The Morgan fingerprint density at radius 3 is 2.43 bits per heavy atom. The summed E-state index contributed by atoms with van der Waals surface area (Å²) in [5.41, 5.74) is 2.04. The van der Waals surface area contributed by atoms with Gasteiger partial charge in [0, 0.05) is 29.0 Å². The average molecular weight is 412 g/mol. The molecule has 2 aromatic carbocycles. The number of carbonyl (C=O) groups is 2. The van der Waals surface area contributed by atoms with Gasteiger partial charge in [0.2, 0.25) is 5.91 Å². The summed E-state index contributed by atoms with van der Waals surface area (Å²) >= 11 is 0. The van der Waals surface area contributed by atoms with Crippen LogP contribution >= 0.6 is 0 Å². The van der Waals surface area contributed by atoms with Gasteiger partial charge in [0.15, 0.2) is 0 Å². The standard InChI is InChI=1S/C24H33N3O3/c1-4-5-6-7-15-30-22-10-8-9-21(16-22)25-17-23(28)27-20-13-11-19(12-14-20)24(29)26-18(2)3/h8-14,16,18,25H,4-7,15,17H2,1-3H3,(H,26,29)(H,27,28). The molecule has 2 amide bonds. The molecule has 30 heavy (non-hydrogen) atoms. The highest BCUT2D eigenvalue weighted by Gasteiger charge is 2.08. The lowest BCUT2D eigenvalue weighted by atomic mass is 10.2. The number of rotatable bonds is 12. The van der Waals surface area contributed by atoms with E-state index in [9.17, 15) is 9.59 Å². The lowest BCUT2D eigenvalue weighted by Gasteiger charge is -2.11. The largest absolute Gasteiger partial charge is 0.494 e. The van der Waals surface area contributed by atoms with Gasteiger partial charge >= 0.3 is 0 Å². The second kappa shape index (κ2) is 12.5. The minimum Gasteiger partial charge on any atom is -0.494 e. The van der Waals surface area contributed by atoms with Crippen LogP contribution in [0.3, 0.4) is 0 Å². The molecule has 0 saturated carbocycles. The summed E-state index contributed by atoms with van der Waals surface area (Å²) in [6.45, 7) is 6.85. The maximum absolute atomic E-state index is 12.2. The highest BCUT2D eigenvalue weighted by Crippen LogP contribution is 2.18. The van der Waals surface area contributed by atoms with Gasteiger partial charge in [0.25, 0.3) is 5.91 Å². The summed E-state index contributed by atoms with van der Waals surface area (Å²) in [6, 6.07) is 14.5. The van der Waals surface area contributed by atoms with Crippen LogP contribution in [0.25, 0.3) is 0 Å². The van der Waals surface area contributed by atoms with E-state index in [-0.39, 0.29) is 24.4 Å². The number of carbonyl (C=O) groups excluding carboxylic acids is 2. The van der Waals surface area contributed by atoms with Crippen molar-refractivity contribution < 1.29 is 14.3 Å². The van der Waals surface area contributed by atoms with E-state index in [1.165, 1.54) is 19.3 Å². The third-order valence-electron chi connectivity index (χ3n) is 4.40. The van der Waals surface area contributed by atoms with E-state index in [0.29, 0.717) is 17.9 Å². The van der Waals surface area contributed by atoms with Gasteiger partial charge in [0.05, 0.1) is 13.2 Å². The Hall–Kier alpha value is -3.02. The maximum atomic E-state index is 12.2. The first-order valence-electron chi connectivity index (χ1n) is 10.7. The highest BCUT2D eigenvalue weighted by molar-refractivity contribution is 5.96. The quantitative estimate of drug-likeness (QED) is 0.437. The van der Waals surface area contributed by atoms with Crippen LogP contribution in [-0.4, -0.2) is 31.0 Å². The van der Waals surface area contributed by atoms with Gasteiger partial charge in [-0.3, -0.25) is 9.59 Å². The molecule has 2 rings (SSSR count). The molecule has 0 spiro atoms. The summed E-state index contributed by atoms with van der Waals surface area (Å²) in [5, 5.41) is 8.77. The molecule has 0 aliphatic rings. The number of amides is 2. The second-order valence-corrected chi connectivity index (χ2v) is 7.54. The van der Waals surface area contributed by atoms with Gasteiger partial charge in [-0.25, -0.2) is 0 Å². The van der Waals surface area contributed by atoms with Gasteiger partial charge in [0.1, 0.15) is 5.75 Å². The van der Waals surface area contributed by atoms with Crippen molar-refractivity contribution in [2.24, 2.45) is 0 Å². The van der Waals surface area contributed by atoms with Crippen molar-refractivity contribution in [1.82, 2.24) is 5.32 Å². The van der Waals surface area contributed by atoms with Crippen LogP contribution < -0.4 is 20.7 Å². The number of anilines is 2. The molecule has 2 aromatic rings. The number of hydrogen-bond acceptors (Lipinski definition) is 4. The van der Waals surface area contributed by atoms with E-state index in [0.717, 1.165) is 17.9 Å². The Morgan fingerprint density at radius 2 is 1.73 bits per heavy atom. The summed E-state index contributed by atoms with van der Waals surface area (Å²) < 4.78 is 5.78. The van der Waals surface area contributed by atoms with Crippen molar-refractivity contribution in [2.45, 2.75) is 52.5 Å². The smallest absolute Gasteiger partial charge is 0.251 e. The zero-order chi connectivity index (χ0) is 21.8. The van der Waals surface area contributed by atoms with Gasteiger partial charge < -0.3 is 20.7 Å². The molecule has 0 heterocycles. The second-order valence-electron chi connectivity index (χ2n) is 7.54. The fourth-order valence-corrected chi connectivity index (χ4v) is 2.85. The van der Waals surface area contributed by atoms with Crippen LogP contribution in [0, 0.1) is 0 Å². The Bertz CT molecular complexity index is 804. The number of hydrogen-bond donors (Lipinski definition) is 3. The first kappa shape index (κ1) is 23.3. The molecule has 0 unspecified atom stereocenters. The summed E-state index contributed by atoms with van der Waals surface area (Å²) in [4.78, 5) is 24.2. The van der Waals surface area contributed by atoms with Gasteiger partial charge in [-0.1, -0.05) is 32.3 Å². The van der Waals surface area contributed by atoms with E-state index < -0.39 is 0 Å². The van der Waals surface area contributed by atoms with Crippen LogP contribution in [0.4, 0.5) is 11.4 Å². The summed E-state index contributed by atoms with van der Waals surface area (Å²) in [6.07, 6.45) is 4.66. The molecule has 0 aliphatic carbocycles. The SMILES string of the molecule is CCCCCCOc1cccc(NCC(=O)Nc2ccc(C(=O)NC(C)C)cc2)c1. The zero-order valence-electron chi connectivity index (χ0n) is 18.2. The molecule has 0 atom stereocenters. The molecule has 3 N–H and O–H groups in total. The Morgan fingerprint density at radius 1 is 0.967 bits per heavy atom. The van der Waals surface area contributed by atoms with Crippen molar-refractivity contribution >= 4 is 23.2 Å². The molecule has 0 fully saturated rings. The molecule has 0 aliphatic heterocycles. The number of ether oxygens (including phenoxy) is 1. The molecule has 0 aromatic heterocycles. The molecule has 0 bridgehead atoms. The van der Waals surface area contributed by atoms with Crippen molar-refractivity contribution in [3.63, 3.8) is 0 Å².